The zero-order valence-corrected chi connectivity index (χ0v) is 12.8. The lowest BCUT2D eigenvalue weighted by Crippen LogP contribution is -2.36. The van der Waals surface area contributed by atoms with Crippen LogP contribution < -0.4 is 5.32 Å². The van der Waals surface area contributed by atoms with E-state index in [0.29, 0.717) is 0 Å². The molecule has 0 fully saturated rings. The molecule has 0 aromatic carbocycles. The number of rotatable bonds is 3. The quantitative estimate of drug-likeness (QED) is 0.915. The fraction of sp³-hybridized carbons (Fsp3) is 0.600. The Balaban J connectivity index is 2.33. The number of imidazole rings is 1. The van der Waals surface area contributed by atoms with E-state index in [4.69, 9.17) is 0 Å². The van der Waals surface area contributed by atoms with Crippen LogP contribution in [0, 0.1) is 12.3 Å². The van der Waals surface area contributed by atoms with Crippen LogP contribution in [0.15, 0.2) is 18.6 Å². The lowest BCUT2D eigenvalue weighted by molar-refractivity contribution is 0.302. The molecule has 104 valence electrons. The highest BCUT2D eigenvalue weighted by Crippen LogP contribution is 2.30. The average molecular weight is 260 g/mol. The van der Waals surface area contributed by atoms with Crippen molar-refractivity contribution in [1.82, 2.24) is 14.4 Å². The van der Waals surface area contributed by atoms with E-state index in [9.17, 15) is 0 Å². The zero-order valence-electron chi connectivity index (χ0n) is 12.8. The maximum Gasteiger partial charge on any atom is 0.157 e. The number of hydrogen-bond donors (Lipinski definition) is 1. The monoisotopic (exact) mass is 260 g/mol. The Morgan fingerprint density at radius 2 is 1.89 bits per heavy atom. The molecule has 0 amide bonds. The van der Waals surface area contributed by atoms with Crippen molar-refractivity contribution in [2.24, 2.45) is 5.41 Å². The highest BCUT2D eigenvalue weighted by Gasteiger charge is 2.26. The van der Waals surface area contributed by atoms with Gasteiger partial charge in [-0.15, -0.1) is 0 Å². The first kappa shape index (κ1) is 13.8. The van der Waals surface area contributed by atoms with E-state index in [0.717, 1.165) is 23.6 Å². The molecule has 4 heteroatoms. The summed E-state index contributed by atoms with van der Waals surface area (Å²) in [5.41, 5.74) is 2.19. The number of aryl methyl sites for hydroxylation is 1. The van der Waals surface area contributed by atoms with E-state index in [-0.39, 0.29) is 11.0 Å². The molecule has 0 aliphatic carbocycles. The molecule has 0 atom stereocenters. The number of fused-ring (bicyclic) bond motifs is 1. The fourth-order valence-corrected chi connectivity index (χ4v) is 2.87. The lowest BCUT2D eigenvalue weighted by atomic mass is 9.82. The zero-order chi connectivity index (χ0) is 14.3. The molecular formula is C15H24N4. The fourth-order valence-electron chi connectivity index (χ4n) is 2.87. The first-order valence-electron chi connectivity index (χ1n) is 6.75. The van der Waals surface area contributed by atoms with E-state index >= 15 is 0 Å². The van der Waals surface area contributed by atoms with Crippen LogP contribution in [0.1, 0.15) is 46.7 Å². The number of nitrogens with zero attached hydrogens (tertiary/aromatic N) is 3. The summed E-state index contributed by atoms with van der Waals surface area (Å²) in [4.78, 5) is 8.64. The van der Waals surface area contributed by atoms with Gasteiger partial charge in [0, 0.05) is 17.9 Å². The smallest absolute Gasteiger partial charge is 0.157 e. The summed E-state index contributed by atoms with van der Waals surface area (Å²) >= 11 is 0. The highest BCUT2D eigenvalue weighted by atomic mass is 15.2. The van der Waals surface area contributed by atoms with Crippen molar-refractivity contribution in [3.63, 3.8) is 0 Å². The van der Waals surface area contributed by atoms with Gasteiger partial charge in [-0.2, -0.15) is 0 Å². The summed E-state index contributed by atoms with van der Waals surface area (Å²) in [5.74, 6) is 1.06. The third kappa shape index (κ3) is 3.25. The van der Waals surface area contributed by atoms with Crippen molar-refractivity contribution in [1.29, 1.82) is 0 Å². The Bertz CT molecular complexity index is 575. The molecule has 1 N–H and O–H groups in total. The largest absolute Gasteiger partial charge is 0.365 e. The molecule has 2 heterocycles. The van der Waals surface area contributed by atoms with E-state index in [1.54, 1.807) is 12.4 Å². The molecule has 0 aliphatic rings. The average Bonchev–Trinajstić information content (AvgIpc) is 2.52. The highest BCUT2D eigenvalue weighted by molar-refractivity contribution is 5.54. The summed E-state index contributed by atoms with van der Waals surface area (Å²) in [6.07, 6.45) is 6.60. The summed E-state index contributed by atoms with van der Waals surface area (Å²) in [7, 11) is 0. The molecule has 0 saturated carbocycles. The summed E-state index contributed by atoms with van der Waals surface area (Å²) < 4.78 is 2.06. The van der Waals surface area contributed by atoms with E-state index < -0.39 is 0 Å². The van der Waals surface area contributed by atoms with Gasteiger partial charge in [-0.25, -0.2) is 4.98 Å². The van der Waals surface area contributed by atoms with Crippen molar-refractivity contribution >= 4 is 11.5 Å². The second-order valence-electron chi connectivity index (χ2n) is 7.10. The third-order valence-electron chi connectivity index (χ3n) is 3.03. The van der Waals surface area contributed by atoms with Gasteiger partial charge >= 0.3 is 0 Å². The van der Waals surface area contributed by atoms with Gasteiger partial charge in [0.2, 0.25) is 0 Å². The second-order valence-corrected chi connectivity index (χ2v) is 7.10. The molecule has 2 aromatic rings. The number of anilines is 1. The van der Waals surface area contributed by atoms with Gasteiger partial charge in [0.25, 0.3) is 0 Å². The normalized spacial score (nSPS) is 12.9. The first-order valence-corrected chi connectivity index (χ1v) is 6.75. The van der Waals surface area contributed by atoms with Crippen LogP contribution >= 0.6 is 0 Å². The Morgan fingerprint density at radius 3 is 2.53 bits per heavy atom. The van der Waals surface area contributed by atoms with Crippen LogP contribution in [0.3, 0.4) is 0 Å². The molecule has 2 rings (SSSR count). The van der Waals surface area contributed by atoms with Crippen LogP contribution in [0.25, 0.3) is 5.65 Å². The predicted octanol–water partition coefficient (Wildman–Crippen LogP) is 3.66. The lowest BCUT2D eigenvalue weighted by Gasteiger charge is -2.34. The van der Waals surface area contributed by atoms with Crippen LogP contribution in [-0.2, 0) is 0 Å². The molecule has 19 heavy (non-hydrogen) atoms. The van der Waals surface area contributed by atoms with Crippen molar-refractivity contribution in [2.45, 2.75) is 53.5 Å². The Hall–Kier alpha value is -1.58. The van der Waals surface area contributed by atoms with E-state index in [1.807, 2.05) is 13.1 Å². The van der Waals surface area contributed by atoms with Gasteiger partial charge in [0.15, 0.2) is 5.65 Å². The van der Waals surface area contributed by atoms with Crippen molar-refractivity contribution < 1.29 is 0 Å². The van der Waals surface area contributed by atoms with Crippen LogP contribution in [0.5, 0.6) is 0 Å². The molecule has 0 saturated heterocycles. The minimum Gasteiger partial charge on any atom is -0.365 e. The minimum atomic E-state index is 0.0161. The summed E-state index contributed by atoms with van der Waals surface area (Å²) in [6.45, 7) is 13.3. The second kappa shape index (κ2) is 4.51. The molecule has 0 aliphatic heterocycles. The van der Waals surface area contributed by atoms with Gasteiger partial charge in [-0.1, -0.05) is 20.8 Å². The van der Waals surface area contributed by atoms with Crippen LogP contribution in [0.4, 0.5) is 5.82 Å². The van der Waals surface area contributed by atoms with Gasteiger partial charge in [-0.05, 0) is 32.6 Å². The summed E-state index contributed by atoms with van der Waals surface area (Å²) in [6, 6.07) is 0. The molecule has 0 unspecified atom stereocenters. The van der Waals surface area contributed by atoms with Crippen molar-refractivity contribution in [3.8, 4) is 0 Å². The van der Waals surface area contributed by atoms with Gasteiger partial charge < -0.3 is 5.32 Å². The standard InChI is InChI=1S/C15H24N4/c1-11-13(18-15(5,6)10-14(2,3)4)19-8-7-16-9-12(19)17-11/h7-9,18H,10H2,1-6H3. The maximum absolute atomic E-state index is 4.53. The molecule has 0 spiro atoms. The SMILES string of the molecule is Cc1nc2cnccn2c1NC(C)(C)CC(C)(C)C. The van der Waals surface area contributed by atoms with Gasteiger partial charge in [0.05, 0.1) is 11.9 Å². The Labute approximate surface area is 115 Å². The number of hydrogen-bond acceptors (Lipinski definition) is 3. The molecule has 0 bridgehead atoms. The molecule has 0 radical (unpaired) electrons. The summed E-state index contributed by atoms with van der Waals surface area (Å²) in [5, 5.41) is 3.64. The van der Waals surface area contributed by atoms with Crippen LogP contribution in [-0.4, -0.2) is 19.9 Å². The third-order valence-corrected chi connectivity index (χ3v) is 3.03. The first-order chi connectivity index (χ1) is 8.68. The minimum absolute atomic E-state index is 0.0161. The Kier molecular flexibility index (Phi) is 3.29. The number of nitrogens with one attached hydrogen (secondary N) is 1. The number of aromatic nitrogens is 3. The van der Waals surface area contributed by atoms with E-state index in [2.05, 4.69) is 54.3 Å². The van der Waals surface area contributed by atoms with Crippen molar-refractivity contribution in [2.75, 3.05) is 5.32 Å². The molecule has 2 aromatic heterocycles. The van der Waals surface area contributed by atoms with Gasteiger partial charge in [-0.3, -0.25) is 9.38 Å². The van der Waals surface area contributed by atoms with Crippen molar-refractivity contribution in [3.05, 3.63) is 24.3 Å². The molecular weight excluding hydrogens is 236 g/mol. The predicted molar refractivity (Wildman–Crippen MR) is 79.5 cm³/mol. The Morgan fingerprint density at radius 1 is 1.21 bits per heavy atom. The van der Waals surface area contributed by atoms with Crippen LogP contribution in [0.2, 0.25) is 0 Å². The maximum atomic E-state index is 4.53. The van der Waals surface area contributed by atoms with E-state index in [1.165, 1.54) is 0 Å². The topological polar surface area (TPSA) is 42.2 Å². The molecule has 4 nitrogen and oxygen atoms in total. The van der Waals surface area contributed by atoms with Gasteiger partial charge in [0.1, 0.15) is 5.82 Å².